The second kappa shape index (κ2) is 3.28. The molecule has 13 heavy (non-hydrogen) atoms. The van der Waals surface area contributed by atoms with Gasteiger partial charge < -0.3 is 4.79 Å². The number of aldehydes is 1. The molecule has 0 N–H and O–H groups in total. The molecule has 3 unspecified atom stereocenters. The Morgan fingerprint density at radius 3 is 2.92 bits per heavy atom. The highest BCUT2D eigenvalue weighted by Gasteiger charge is 2.33. The van der Waals surface area contributed by atoms with Crippen LogP contribution in [0, 0.1) is 17.3 Å². The minimum Gasteiger partial charge on any atom is -0.303 e. The number of fused-ring (bicyclic) bond motifs is 1. The summed E-state index contributed by atoms with van der Waals surface area (Å²) in [5, 5.41) is 0. The first-order chi connectivity index (χ1) is 6.23. The number of carbonyl (C=O) groups is 1. The molecule has 2 aliphatic rings. The van der Waals surface area contributed by atoms with Crippen molar-refractivity contribution in [3.8, 4) is 0 Å². The molecule has 0 aromatic rings. The Morgan fingerprint density at radius 2 is 2.15 bits per heavy atom. The van der Waals surface area contributed by atoms with Crippen molar-refractivity contribution < 1.29 is 4.79 Å². The van der Waals surface area contributed by atoms with Gasteiger partial charge in [-0.3, -0.25) is 0 Å². The molecule has 0 heterocycles. The molecule has 0 bridgehead atoms. The van der Waals surface area contributed by atoms with E-state index in [0.717, 1.165) is 24.7 Å². The smallest absolute Gasteiger partial charge is 0.125 e. The number of rotatable bonds is 1. The lowest BCUT2D eigenvalue weighted by molar-refractivity contribution is -0.116. The summed E-state index contributed by atoms with van der Waals surface area (Å²) < 4.78 is 0. The highest BCUT2D eigenvalue weighted by Crippen LogP contribution is 2.42. The lowest BCUT2D eigenvalue weighted by Gasteiger charge is -2.19. The zero-order chi connectivity index (χ0) is 9.31. The molecule has 0 aliphatic heterocycles. The summed E-state index contributed by atoms with van der Waals surface area (Å²) in [6, 6.07) is 0. The van der Waals surface area contributed by atoms with Crippen molar-refractivity contribution in [3.05, 3.63) is 12.2 Å². The minimum absolute atomic E-state index is 0.0157. The molecule has 2 aliphatic carbocycles. The van der Waals surface area contributed by atoms with Crippen LogP contribution in [-0.4, -0.2) is 6.29 Å². The summed E-state index contributed by atoms with van der Waals surface area (Å²) in [6.07, 6.45) is 11.8. The molecule has 0 amide bonds. The summed E-state index contributed by atoms with van der Waals surface area (Å²) in [7, 11) is 0. The third-order valence-corrected chi connectivity index (χ3v) is 3.85. The van der Waals surface area contributed by atoms with E-state index in [4.69, 9.17) is 0 Å². The van der Waals surface area contributed by atoms with Crippen LogP contribution in [-0.2, 0) is 4.79 Å². The maximum atomic E-state index is 10.9. The molecule has 1 fully saturated rings. The van der Waals surface area contributed by atoms with Crippen molar-refractivity contribution >= 4 is 6.29 Å². The predicted molar refractivity (Wildman–Crippen MR) is 53.4 cm³/mol. The van der Waals surface area contributed by atoms with E-state index in [0.29, 0.717) is 0 Å². The Morgan fingerprint density at radius 1 is 1.38 bits per heavy atom. The van der Waals surface area contributed by atoms with Crippen molar-refractivity contribution in [3.63, 3.8) is 0 Å². The molecule has 0 saturated heterocycles. The van der Waals surface area contributed by atoms with Crippen molar-refractivity contribution in [2.24, 2.45) is 17.3 Å². The number of hydrogen-bond acceptors (Lipinski definition) is 1. The zero-order valence-electron chi connectivity index (χ0n) is 8.33. The molecule has 0 spiro atoms. The van der Waals surface area contributed by atoms with Gasteiger partial charge in [0.05, 0.1) is 0 Å². The Kier molecular flexibility index (Phi) is 2.27. The molecule has 0 radical (unpaired) electrons. The lowest BCUT2D eigenvalue weighted by Crippen LogP contribution is -2.16. The molecule has 0 aromatic carbocycles. The molecule has 1 saturated carbocycles. The number of allylic oxidation sites excluding steroid dienone is 2. The Hall–Kier alpha value is -0.590. The second-order valence-corrected chi connectivity index (χ2v) is 4.94. The number of hydrogen-bond donors (Lipinski definition) is 0. The van der Waals surface area contributed by atoms with E-state index in [1.807, 2.05) is 0 Å². The van der Waals surface area contributed by atoms with Crippen LogP contribution in [0.5, 0.6) is 0 Å². The maximum Gasteiger partial charge on any atom is 0.125 e. The molecule has 1 nitrogen and oxygen atoms in total. The van der Waals surface area contributed by atoms with E-state index in [1.165, 1.54) is 25.5 Å². The average molecular weight is 178 g/mol. The quantitative estimate of drug-likeness (QED) is 0.445. The monoisotopic (exact) mass is 178 g/mol. The first-order valence-corrected chi connectivity index (χ1v) is 5.36. The standard InChI is InChI=1S/C12H18O/c1-12(9-13)7-5-10-3-2-4-11(10)6-8-12/h2-3,9-11H,4-8H2,1H3. The molecular formula is C12H18O. The average Bonchev–Trinajstić information content (AvgIpc) is 2.54. The van der Waals surface area contributed by atoms with Crippen molar-refractivity contribution in [1.29, 1.82) is 0 Å². The minimum atomic E-state index is -0.0157. The van der Waals surface area contributed by atoms with Gasteiger partial charge in [-0.15, -0.1) is 0 Å². The van der Waals surface area contributed by atoms with Crippen LogP contribution in [0.15, 0.2) is 12.2 Å². The third-order valence-electron chi connectivity index (χ3n) is 3.85. The van der Waals surface area contributed by atoms with Crippen LogP contribution >= 0.6 is 0 Å². The van der Waals surface area contributed by atoms with E-state index in [-0.39, 0.29) is 5.41 Å². The summed E-state index contributed by atoms with van der Waals surface area (Å²) >= 11 is 0. The van der Waals surface area contributed by atoms with Gasteiger partial charge in [-0.05, 0) is 43.9 Å². The fourth-order valence-corrected chi connectivity index (χ4v) is 2.68. The summed E-state index contributed by atoms with van der Waals surface area (Å²) in [4.78, 5) is 10.9. The molecule has 72 valence electrons. The Labute approximate surface area is 80.2 Å². The van der Waals surface area contributed by atoms with Gasteiger partial charge in [0.1, 0.15) is 6.29 Å². The van der Waals surface area contributed by atoms with Crippen molar-refractivity contribution in [1.82, 2.24) is 0 Å². The van der Waals surface area contributed by atoms with E-state index < -0.39 is 0 Å². The Bertz CT molecular complexity index is 231. The third kappa shape index (κ3) is 1.70. The fourth-order valence-electron chi connectivity index (χ4n) is 2.68. The SMILES string of the molecule is CC1(C=O)CCC2C=CCC2CC1. The van der Waals surface area contributed by atoms with Gasteiger partial charge in [0.25, 0.3) is 0 Å². The molecular weight excluding hydrogens is 160 g/mol. The second-order valence-electron chi connectivity index (χ2n) is 4.94. The fraction of sp³-hybridized carbons (Fsp3) is 0.750. The van der Waals surface area contributed by atoms with Crippen molar-refractivity contribution in [2.75, 3.05) is 0 Å². The van der Waals surface area contributed by atoms with Crippen LogP contribution in [0.2, 0.25) is 0 Å². The Balaban J connectivity index is 2.06. The first kappa shape index (κ1) is 8.98. The van der Waals surface area contributed by atoms with E-state index in [2.05, 4.69) is 19.1 Å². The molecule has 3 atom stereocenters. The van der Waals surface area contributed by atoms with Crippen molar-refractivity contribution in [2.45, 2.75) is 39.0 Å². The van der Waals surface area contributed by atoms with Crippen LogP contribution < -0.4 is 0 Å². The van der Waals surface area contributed by atoms with Gasteiger partial charge in [0, 0.05) is 5.41 Å². The topological polar surface area (TPSA) is 17.1 Å². The van der Waals surface area contributed by atoms with Crippen LogP contribution in [0.25, 0.3) is 0 Å². The highest BCUT2D eigenvalue weighted by atomic mass is 16.1. The molecule has 0 aromatic heterocycles. The zero-order valence-corrected chi connectivity index (χ0v) is 8.33. The van der Waals surface area contributed by atoms with Gasteiger partial charge in [-0.2, -0.15) is 0 Å². The van der Waals surface area contributed by atoms with Crippen LogP contribution in [0.4, 0.5) is 0 Å². The van der Waals surface area contributed by atoms with E-state index in [1.54, 1.807) is 0 Å². The van der Waals surface area contributed by atoms with Gasteiger partial charge in [0.2, 0.25) is 0 Å². The maximum absolute atomic E-state index is 10.9. The lowest BCUT2D eigenvalue weighted by atomic mass is 9.84. The molecule has 1 heteroatoms. The van der Waals surface area contributed by atoms with E-state index >= 15 is 0 Å². The molecule has 2 rings (SSSR count). The van der Waals surface area contributed by atoms with E-state index in [9.17, 15) is 4.79 Å². The first-order valence-electron chi connectivity index (χ1n) is 5.36. The van der Waals surface area contributed by atoms with Crippen LogP contribution in [0.1, 0.15) is 39.0 Å². The van der Waals surface area contributed by atoms with Gasteiger partial charge >= 0.3 is 0 Å². The largest absolute Gasteiger partial charge is 0.303 e. The predicted octanol–water partition coefficient (Wildman–Crippen LogP) is 2.96. The van der Waals surface area contributed by atoms with Crippen LogP contribution in [0.3, 0.4) is 0 Å². The summed E-state index contributed by atoms with van der Waals surface area (Å²) in [5.74, 6) is 1.63. The van der Waals surface area contributed by atoms with Gasteiger partial charge in [0.15, 0.2) is 0 Å². The normalized spacial score (nSPS) is 44.1. The van der Waals surface area contributed by atoms with Gasteiger partial charge in [-0.1, -0.05) is 19.1 Å². The summed E-state index contributed by atoms with van der Waals surface area (Å²) in [5.41, 5.74) is -0.0157. The highest BCUT2D eigenvalue weighted by molar-refractivity contribution is 5.58. The van der Waals surface area contributed by atoms with Gasteiger partial charge in [-0.25, -0.2) is 0 Å². The summed E-state index contributed by atoms with van der Waals surface area (Å²) in [6.45, 7) is 2.12. The number of carbonyl (C=O) groups excluding carboxylic acids is 1.